The fourth-order valence-corrected chi connectivity index (χ4v) is 1.98. The van der Waals surface area contributed by atoms with Crippen molar-refractivity contribution in [1.29, 1.82) is 5.41 Å². The molecule has 0 unspecified atom stereocenters. The average Bonchev–Trinajstić information content (AvgIpc) is 2.46. The van der Waals surface area contributed by atoms with Gasteiger partial charge in [-0.15, -0.1) is 0 Å². The van der Waals surface area contributed by atoms with Crippen LogP contribution in [-0.4, -0.2) is 15.7 Å². The van der Waals surface area contributed by atoms with E-state index in [4.69, 9.17) is 15.9 Å². The second kappa shape index (κ2) is 6.31. The van der Waals surface area contributed by atoms with Gasteiger partial charge in [0, 0.05) is 16.7 Å². The van der Waals surface area contributed by atoms with Crippen molar-refractivity contribution in [3.63, 3.8) is 0 Å². The zero-order valence-corrected chi connectivity index (χ0v) is 12.3. The first-order chi connectivity index (χ1) is 9.97. The first-order valence-electron chi connectivity index (χ1n) is 5.83. The van der Waals surface area contributed by atoms with E-state index in [-0.39, 0.29) is 23.9 Å². The highest BCUT2D eigenvalue weighted by molar-refractivity contribution is 9.10. The van der Waals surface area contributed by atoms with Crippen molar-refractivity contribution in [2.24, 2.45) is 5.73 Å². The Morgan fingerprint density at radius 3 is 2.86 bits per heavy atom. The zero-order chi connectivity index (χ0) is 15.4. The van der Waals surface area contributed by atoms with Crippen molar-refractivity contribution in [2.75, 3.05) is 0 Å². The van der Waals surface area contributed by atoms with Gasteiger partial charge in [0.25, 0.3) is 0 Å². The third-order valence-corrected chi connectivity index (χ3v) is 3.11. The second-order valence-corrected chi connectivity index (χ2v) is 5.04. The Bertz CT molecular complexity index is 706. The van der Waals surface area contributed by atoms with E-state index in [9.17, 15) is 10.1 Å². The molecule has 1 heterocycles. The summed E-state index contributed by atoms with van der Waals surface area (Å²) in [6, 6.07) is 7.86. The minimum Gasteiger partial charge on any atom is -0.482 e. The quantitative estimate of drug-likeness (QED) is 0.372. The molecule has 0 fully saturated rings. The lowest BCUT2D eigenvalue weighted by Gasteiger charge is -2.08. The van der Waals surface area contributed by atoms with Crippen molar-refractivity contribution in [3.8, 4) is 5.75 Å². The maximum Gasteiger partial charge on any atom is 0.312 e. The van der Waals surface area contributed by atoms with Gasteiger partial charge >= 0.3 is 5.69 Å². The van der Waals surface area contributed by atoms with Gasteiger partial charge in [0.15, 0.2) is 5.75 Å². The van der Waals surface area contributed by atoms with Gasteiger partial charge in [0.2, 0.25) is 0 Å². The monoisotopic (exact) mass is 350 g/mol. The summed E-state index contributed by atoms with van der Waals surface area (Å²) in [6.45, 7) is 0.116. The van der Waals surface area contributed by atoms with Crippen LogP contribution < -0.4 is 10.5 Å². The average molecular weight is 351 g/mol. The number of rotatable bonds is 5. The van der Waals surface area contributed by atoms with E-state index in [1.807, 2.05) is 0 Å². The molecule has 0 bridgehead atoms. The third kappa shape index (κ3) is 3.76. The van der Waals surface area contributed by atoms with Gasteiger partial charge in [-0.1, -0.05) is 15.9 Å². The SMILES string of the molecule is N=C(N)c1cc(COc2ccc(Br)cc2[N+](=O)[O-])ccn1. The predicted octanol–water partition coefficient (Wildman–Crippen LogP) is 2.62. The van der Waals surface area contributed by atoms with Gasteiger partial charge in [-0.2, -0.15) is 0 Å². The molecule has 0 atom stereocenters. The number of nitrogens with zero attached hydrogens (tertiary/aromatic N) is 2. The Labute approximate surface area is 128 Å². The maximum absolute atomic E-state index is 11.0. The summed E-state index contributed by atoms with van der Waals surface area (Å²) < 4.78 is 6.07. The van der Waals surface area contributed by atoms with E-state index in [1.54, 1.807) is 18.2 Å². The number of ether oxygens (including phenoxy) is 1. The summed E-state index contributed by atoms with van der Waals surface area (Å²) in [7, 11) is 0. The molecule has 1 aromatic heterocycles. The molecule has 0 saturated carbocycles. The van der Waals surface area contributed by atoms with Crippen molar-refractivity contribution in [1.82, 2.24) is 4.98 Å². The number of aromatic nitrogens is 1. The molecule has 0 radical (unpaired) electrons. The van der Waals surface area contributed by atoms with Crippen molar-refractivity contribution in [3.05, 3.63) is 62.4 Å². The zero-order valence-electron chi connectivity index (χ0n) is 10.7. The summed E-state index contributed by atoms with van der Waals surface area (Å²) in [5, 5.41) is 18.3. The lowest BCUT2D eigenvalue weighted by atomic mass is 10.2. The number of nitrogens with two attached hydrogens (primary N) is 1. The highest BCUT2D eigenvalue weighted by atomic mass is 79.9. The molecule has 21 heavy (non-hydrogen) atoms. The molecular weight excluding hydrogens is 340 g/mol. The van der Waals surface area contributed by atoms with E-state index in [0.29, 0.717) is 15.7 Å². The Balaban J connectivity index is 2.18. The van der Waals surface area contributed by atoms with Crippen molar-refractivity contribution < 1.29 is 9.66 Å². The number of nitro groups is 1. The normalized spacial score (nSPS) is 10.1. The standard InChI is InChI=1S/C13H11BrN4O3/c14-9-1-2-12(11(6-9)18(19)20)21-7-8-3-4-17-10(5-8)13(15)16/h1-6H,7H2,(H3,15,16). The minimum atomic E-state index is -0.506. The molecule has 0 amide bonds. The van der Waals surface area contributed by atoms with E-state index in [0.717, 1.165) is 0 Å². The number of hydrogen-bond donors (Lipinski definition) is 2. The lowest BCUT2D eigenvalue weighted by Crippen LogP contribution is -2.13. The third-order valence-electron chi connectivity index (χ3n) is 2.61. The Hall–Kier alpha value is -2.48. The van der Waals surface area contributed by atoms with Gasteiger partial charge in [-0.05, 0) is 29.8 Å². The van der Waals surface area contributed by atoms with Crippen LogP contribution in [-0.2, 0) is 6.61 Å². The number of nitrogens with one attached hydrogen (secondary N) is 1. The maximum atomic E-state index is 11.0. The summed E-state index contributed by atoms with van der Waals surface area (Å²) in [4.78, 5) is 14.4. The van der Waals surface area contributed by atoms with Gasteiger partial charge in [0.1, 0.15) is 18.1 Å². The number of nitrogen functional groups attached to an aromatic ring is 1. The first kappa shape index (κ1) is 14.9. The molecule has 0 spiro atoms. The van der Waals surface area contributed by atoms with Gasteiger partial charge < -0.3 is 10.5 Å². The highest BCUT2D eigenvalue weighted by Gasteiger charge is 2.15. The topological polar surface area (TPSA) is 115 Å². The highest BCUT2D eigenvalue weighted by Crippen LogP contribution is 2.30. The molecule has 0 aliphatic carbocycles. The minimum absolute atomic E-state index is 0.116. The number of nitro benzene ring substituents is 1. The van der Waals surface area contributed by atoms with Crippen LogP contribution in [0.5, 0.6) is 5.75 Å². The summed E-state index contributed by atoms with van der Waals surface area (Å²) in [5.74, 6) is 0.0239. The number of amidine groups is 1. The number of halogens is 1. The number of benzene rings is 1. The van der Waals surface area contributed by atoms with Crippen LogP contribution >= 0.6 is 15.9 Å². The summed E-state index contributed by atoms with van der Waals surface area (Å²) in [5.41, 5.74) is 6.29. The van der Waals surface area contributed by atoms with Gasteiger partial charge in [-0.25, -0.2) is 0 Å². The molecule has 7 nitrogen and oxygen atoms in total. The van der Waals surface area contributed by atoms with Gasteiger partial charge in [0.05, 0.1) is 4.92 Å². The van der Waals surface area contributed by atoms with Crippen LogP contribution in [0.3, 0.4) is 0 Å². The predicted molar refractivity (Wildman–Crippen MR) is 80.4 cm³/mol. The summed E-state index contributed by atoms with van der Waals surface area (Å²) >= 11 is 3.18. The Morgan fingerprint density at radius 1 is 1.43 bits per heavy atom. The number of hydrogen-bond acceptors (Lipinski definition) is 5. The molecule has 108 valence electrons. The van der Waals surface area contributed by atoms with Gasteiger partial charge in [-0.3, -0.25) is 20.5 Å². The van der Waals surface area contributed by atoms with E-state index >= 15 is 0 Å². The molecule has 3 N–H and O–H groups in total. The largest absolute Gasteiger partial charge is 0.482 e. The molecular formula is C13H11BrN4O3. The Kier molecular flexibility index (Phi) is 4.49. The molecule has 0 saturated heterocycles. The van der Waals surface area contributed by atoms with Crippen LogP contribution in [0, 0.1) is 15.5 Å². The molecule has 2 rings (SSSR count). The van der Waals surface area contributed by atoms with Crippen LogP contribution in [0.25, 0.3) is 0 Å². The lowest BCUT2D eigenvalue weighted by molar-refractivity contribution is -0.386. The molecule has 0 aliphatic rings. The van der Waals surface area contributed by atoms with E-state index in [2.05, 4.69) is 20.9 Å². The van der Waals surface area contributed by atoms with Crippen molar-refractivity contribution >= 4 is 27.5 Å². The van der Waals surface area contributed by atoms with E-state index < -0.39 is 4.92 Å². The van der Waals surface area contributed by atoms with Crippen molar-refractivity contribution in [2.45, 2.75) is 6.61 Å². The molecule has 1 aromatic carbocycles. The molecule has 0 aliphatic heterocycles. The Morgan fingerprint density at radius 2 is 2.19 bits per heavy atom. The van der Waals surface area contributed by atoms with Crippen LogP contribution in [0.15, 0.2) is 41.0 Å². The fraction of sp³-hybridized carbons (Fsp3) is 0.0769. The fourth-order valence-electron chi connectivity index (χ4n) is 1.63. The van der Waals surface area contributed by atoms with Crippen LogP contribution in [0.1, 0.15) is 11.3 Å². The van der Waals surface area contributed by atoms with Crippen LogP contribution in [0.2, 0.25) is 0 Å². The smallest absolute Gasteiger partial charge is 0.312 e. The summed E-state index contributed by atoms with van der Waals surface area (Å²) in [6.07, 6.45) is 1.51. The van der Waals surface area contributed by atoms with Crippen LogP contribution in [0.4, 0.5) is 5.69 Å². The molecule has 2 aromatic rings. The van der Waals surface area contributed by atoms with E-state index in [1.165, 1.54) is 18.3 Å². The number of pyridine rings is 1. The second-order valence-electron chi connectivity index (χ2n) is 4.12. The molecule has 8 heteroatoms. The first-order valence-corrected chi connectivity index (χ1v) is 6.62.